The standard InChI is InChI=1S/C13H15BrO/c1-2-3-4-5-10-13(15)11-8-6-7-9-12(11)14/h6-9,13,15H,2-4H2,1H3. The minimum absolute atomic E-state index is 0.683. The Hall–Kier alpha value is -0.780. The van der Waals surface area contributed by atoms with Crippen LogP contribution < -0.4 is 0 Å². The number of unbranched alkanes of at least 4 members (excludes halogenated alkanes) is 2. The van der Waals surface area contributed by atoms with Gasteiger partial charge in [0.15, 0.2) is 0 Å². The van der Waals surface area contributed by atoms with E-state index in [0.717, 1.165) is 29.3 Å². The fourth-order valence-electron chi connectivity index (χ4n) is 1.21. The van der Waals surface area contributed by atoms with Crippen LogP contribution >= 0.6 is 15.9 Å². The molecule has 15 heavy (non-hydrogen) atoms. The molecule has 0 aliphatic rings. The summed E-state index contributed by atoms with van der Waals surface area (Å²) >= 11 is 3.39. The maximum Gasteiger partial charge on any atom is 0.141 e. The van der Waals surface area contributed by atoms with E-state index in [1.807, 2.05) is 24.3 Å². The van der Waals surface area contributed by atoms with Gasteiger partial charge in [-0.2, -0.15) is 0 Å². The molecule has 0 heterocycles. The second kappa shape index (κ2) is 6.66. The van der Waals surface area contributed by atoms with Crippen molar-refractivity contribution in [3.63, 3.8) is 0 Å². The summed E-state index contributed by atoms with van der Waals surface area (Å²) in [7, 11) is 0. The van der Waals surface area contributed by atoms with E-state index in [9.17, 15) is 5.11 Å². The Kier molecular flexibility index (Phi) is 5.45. The zero-order chi connectivity index (χ0) is 11.1. The molecule has 0 saturated carbocycles. The van der Waals surface area contributed by atoms with E-state index < -0.39 is 6.10 Å². The monoisotopic (exact) mass is 266 g/mol. The van der Waals surface area contributed by atoms with E-state index in [0.29, 0.717) is 0 Å². The lowest BCUT2D eigenvalue weighted by Gasteiger charge is -2.05. The van der Waals surface area contributed by atoms with Crippen molar-refractivity contribution in [1.82, 2.24) is 0 Å². The van der Waals surface area contributed by atoms with Crippen molar-refractivity contribution in [3.05, 3.63) is 34.3 Å². The van der Waals surface area contributed by atoms with Crippen LogP contribution in [-0.2, 0) is 0 Å². The average molecular weight is 267 g/mol. The third kappa shape index (κ3) is 4.07. The van der Waals surface area contributed by atoms with Crippen LogP contribution in [0.25, 0.3) is 0 Å². The highest BCUT2D eigenvalue weighted by Gasteiger charge is 2.06. The Balaban J connectivity index is 2.63. The molecule has 1 atom stereocenters. The molecule has 0 bridgehead atoms. The first-order chi connectivity index (χ1) is 7.25. The third-order valence-corrected chi connectivity index (χ3v) is 2.82. The molecule has 0 fully saturated rings. The van der Waals surface area contributed by atoms with Crippen molar-refractivity contribution in [1.29, 1.82) is 0 Å². The Morgan fingerprint density at radius 1 is 1.40 bits per heavy atom. The van der Waals surface area contributed by atoms with E-state index in [1.54, 1.807) is 0 Å². The number of hydrogen-bond donors (Lipinski definition) is 1. The molecule has 1 nitrogen and oxygen atoms in total. The zero-order valence-electron chi connectivity index (χ0n) is 8.83. The largest absolute Gasteiger partial charge is 0.376 e. The molecule has 0 aliphatic carbocycles. The van der Waals surface area contributed by atoms with E-state index in [-0.39, 0.29) is 0 Å². The molecule has 0 spiro atoms. The Bertz CT molecular complexity index is 362. The fourth-order valence-corrected chi connectivity index (χ4v) is 1.71. The van der Waals surface area contributed by atoms with Gasteiger partial charge in [-0.1, -0.05) is 53.4 Å². The van der Waals surface area contributed by atoms with E-state index in [1.165, 1.54) is 0 Å². The molecule has 0 aliphatic heterocycles. The normalized spacial score (nSPS) is 11.7. The lowest BCUT2D eigenvalue weighted by molar-refractivity contribution is 0.237. The SMILES string of the molecule is CCCCC#CC(O)c1ccccc1Br. The molecule has 0 amide bonds. The van der Waals surface area contributed by atoms with Crippen LogP contribution in [0.5, 0.6) is 0 Å². The summed E-state index contributed by atoms with van der Waals surface area (Å²) in [6, 6.07) is 7.61. The molecular formula is C13H15BrO. The minimum Gasteiger partial charge on any atom is -0.376 e. The molecule has 1 rings (SSSR count). The molecule has 1 unspecified atom stereocenters. The zero-order valence-corrected chi connectivity index (χ0v) is 10.4. The predicted molar refractivity (Wildman–Crippen MR) is 66.4 cm³/mol. The highest BCUT2D eigenvalue weighted by Crippen LogP contribution is 2.22. The predicted octanol–water partition coefficient (Wildman–Crippen LogP) is 3.68. The number of hydrogen-bond acceptors (Lipinski definition) is 1. The van der Waals surface area contributed by atoms with Gasteiger partial charge in [-0.3, -0.25) is 0 Å². The summed E-state index contributed by atoms with van der Waals surface area (Å²) in [6.07, 6.45) is 2.41. The smallest absolute Gasteiger partial charge is 0.141 e. The van der Waals surface area contributed by atoms with Crippen LogP contribution in [0.15, 0.2) is 28.7 Å². The van der Waals surface area contributed by atoms with Gasteiger partial charge in [-0.25, -0.2) is 0 Å². The lowest BCUT2D eigenvalue weighted by atomic mass is 10.1. The molecule has 1 N–H and O–H groups in total. The van der Waals surface area contributed by atoms with Crippen molar-refractivity contribution >= 4 is 15.9 Å². The van der Waals surface area contributed by atoms with E-state index >= 15 is 0 Å². The summed E-state index contributed by atoms with van der Waals surface area (Å²) in [5, 5.41) is 9.80. The van der Waals surface area contributed by atoms with Crippen LogP contribution in [0, 0.1) is 11.8 Å². The lowest BCUT2D eigenvalue weighted by Crippen LogP contribution is -1.94. The quantitative estimate of drug-likeness (QED) is 0.654. The number of aliphatic hydroxyl groups is 1. The molecule has 0 radical (unpaired) electrons. The van der Waals surface area contributed by atoms with Gasteiger partial charge in [0.05, 0.1) is 0 Å². The number of halogens is 1. The van der Waals surface area contributed by atoms with Crippen molar-refractivity contribution in [2.45, 2.75) is 32.3 Å². The van der Waals surface area contributed by atoms with Crippen LogP contribution in [-0.4, -0.2) is 5.11 Å². The third-order valence-electron chi connectivity index (χ3n) is 2.09. The summed E-state index contributed by atoms with van der Waals surface area (Å²) in [5.41, 5.74) is 0.835. The molecule has 1 aromatic carbocycles. The molecule has 80 valence electrons. The van der Waals surface area contributed by atoms with Crippen LogP contribution in [0.1, 0.15) is 37.9 Å². The first-order valence-electron chi connectivity index (χ1n) is 5.16. The maximum atomic E-state index is 9.80. The highest BCUT2D eigenvalue weighted by atomic mass is 79.9. The van der Waals surface area contributed by atoms with E-state index in [4.69, 9.17) is 0 Å². The summed E-state index contributed by atoms with van der Waals surface area (Å²) in [5.74, 6) is 5.84. The summed E-state index contributed by atoms with van der Waals surface area (Å²) < 4.78 is 0.905. The van der Waals surface area contributed by atoms with E-state index in [2.05, 4.69) is 34.7 Å². The molecule has 0 aromatic heterocycles. The number of aliphatic hydroxyl groups excluding tert-OH is 1. The number of benzene rings is 1. The van der Waals surface area contributed by atoms with Crippen molar-refractivity contribution in [3.8, 4) is 11.8 Å². The fraction of sp³-hybridized carbons (Fsp3) is 0.385. The minimum atomic E-state index is -0.683. The maximum absolute atomic E-state index is 9.80. The first-order valence-corrected chi connectivity index (χ1v) is 5.96. The van der Waals surface area contributed by atoms with Gasteiger partial charge < -0.3 is 5.11 Å². The summed E-state index contributed by atoms with van der Waals surface area (Å²) in [4.78, 5) is 0. The first kappa shape index (κ1) is 12.3. The van der Waals surface area contributed by atoms with Gasteiger partial charge in [0, 0.05) is 16.5 Å². The van der Waals surface area contributed by atoms with Crippen LogP contribution in [0.3, 0.4) is 0 Å². The average Bonchev–Trinajstić information content (AvgIpc) is 2.25. The number of rotatable bonds is 3. The second-order valence-electron chi connectivity index (χ2n) is 3.35. The van der Waals surface area contributed by atoms with Gasteiger partial charge in [0.1, 0.15) is 6.10 Å². The van der Waals surface area contributed by atoms with Gasteiger partial charge in [0.25, 0.3) is 0 Å². The van der Waals surface area contributed by atoms with Crippen molar-refractivity contribution in [2.24, 2.45) is 0 Å². The van der Waals surface area contributed by atoms with Crippen molar-refractivity contribution < 1.29 is 5.11 Å². The van der Waals surface area contributed by atoms with Crippen LogP contribution in [0.4, 0.5) is 0 Å². The Morgan fingerprint density at radius 3 is 2.80 bits per heavy atom. The second-order valence-corrected chi connectivity index (χ2v) is 4.20. The highest BCUT2D eigenvalue weighted by molar-refractivity contribution is 9.10. The van der Waals surface area contributed by atoms with Gasteiger partial charge in [-0.05, 0) is 12.5 Å². The van der Waals surface area contributed by atoms with Gasteiger partial charge in [0.2, 0.25) is 0 Å². The Labute approximate surface area is 99.6 Å². The molecule has 1 aromatic rings. The summed E-state index contributed by atoms with van der Waals surface area (Å²) in [6.45, 7) is 2.13. The van der Waals surface area contributed by atoms with Gasteiger partial charge >= 0.3 is 0 Å². The Morgan fingerprint density at radius 2 is 2.13 bits per heavy atom. The molecule has 2 heteroatoms. The van der Waals surface area contributed by atoms with Gasteiger partial charge in [-0.15, -0.1) is 5.92 Å². The molecule has 0 saturated heterocycles. The van der Waals surface area contributed by atoms with Crippen LogP contribution in [0.2, 0.25) is 0 Å². The van der Waals surface area contributed by atoms with Crippen molar-refractivity contribution in [2.75, 3.05) is 0 Å². The molecular weight excluding hydrogens is 252 g/mol. The topological polar surface area (TPSA) is 20.2 Å².